The zero-order chi connectivity index (χ0) is 12.8. The fraction of sp³-hybridized carbons (Fsp3) is 0.417. The van der Waals surface area contributed by atoms with E-state index in [9.17, 15) is 9.18 Å². The highest BCUT2D eigenvalue weighted by Gasteiger charge is 2.09. The monoisotopic (exact) mass is 302 g/mol. The number of carbonyl (C=O) groups excluding carboxylic acids is 1. The Hall–Kier alpha value is -1.10. The molecule has 0 aromatic heterocycles. The first-order valence-electron chi connectivity index (χ1n) is 5.55. The van der Waals surface area contributed by atoms with E-state index in [0.717, 1.165) is 12.8 Å². The third kappa shape index (κ3) is 4.73. The van der Waals surface area contributed by atoms with E-state index in [1.165, 1.54) is 12.1 Å². The lowest BCUT2D eigenvalue weighted by molar-refractivity contribution is 0.248. The molecule has 5 heteroatoms. The molecule has 1 rings (SSSR count). The smallest absolute Gasteiger partial charge is 0.319 e. The van der Waals surface area contributed by atoms with Crippen LogP contribution < -0.4 is 10.6 Å². The van der Waals surface area contributed by atoms with Crippen LogP contribution >= 0.6 is 15.9 Å². The van der Waals surface area contributed by atoms with Gasteiger partial charge in [-0.05, 0) is 31.5 Å². The summed E-state index contributed by atoms with van der Waals surface area (Å²) in [6, 6.07) is 4.20. The van der Waals surface area contributed by atoms with Crippen molar-refractivity contribution < 1.29 is 9.18 Å². The van der Waals surface area contributed by atoms with E-state index < -0.39 is 5.82 Å². The summed E-state index contributed by atoms with van der Waals surface area (Å²) in [6.45, 7) is 3.96. The van der Waals surface area contributed by atoms with Crippen LogP contribution in [0.4, 0.5) is 14.9 Å². The average Bonchev–Trinajstić information content (AvgIpc) is 2.22. The van der Waals surface area contributed by atoms with Crippen LogP contribution in [0.15, 0.2) is 22.7 Å². The highest BCUT2D eigenvalue weighted by molar-refractivity contribution is 9.10. The van der Waals surface area contributed by atoms with E-state index >= 15 is 0 Å². The molecule has 1 unspecified atom stereocenters. The highest BCUT2D eigenvalue weighted by atomic mass is 79.9. The largest absolute Gasteiger partial charge is 0.335 e. The number of urea groups is 1. The van der Waals surface area contributed by atoms with Crippen LogP contribution in [0.2, 0.25) is 0 Å². The predicted molar refractivity (Wildman–Crippen MR) is 70.6 cm³/mol. The second-order valence-corrected chi connectivity index (χ2v) is 4.83. The standard InChI is InChI=1S/C12H16BrFN2O/c1-3-4-8(2)15-12(17)16-11-6-5-9(13)7-10(11)14/h5-8H,3-4H2,1-2H3,(H2,15,16,17). The minimum Gasteiger partial charge on any atom is -0.335 e. The lowest BCUT2D eigenvalue weighted by Gasteiger charge is -2.14. The summed E-state index contributed by atoms with van der Waals surface area (Å²) in [7, 11) is 0. The van der Waals surface area contributed by atoms with Crippen molar-refractivity contribution in [3.63, 3.8) is 0 Å². The lowest BCUT2D eigenvalue weighted by Crippen LogP contribution is -2.36. The first-order chi connectivity index (χ1) is 8.02. The third-order valence-corrected chi connectivity index (χ3v) is 2.77. The van der Waals surface area contributed by atoms with Gasteiger partial charge in [0.15, 0.2) is 0 Å². The van der Waals surface area contributed by atoms with E-state index in [-0.39, 0.29) is 17.8 Å². The molecule has 0 aliphatic rings. The Balaban J connectivity index is 2.56. The number of hydrogen-bond acceptors (Lipinski definition) is 1. The number of carbonyl (C=O) groups is 1. The summed E-state index contributed by atoms with van der Waals surface area (Å²) in [5.74, 6) is -0.460. The van der Waals surface area contributed by atoms with Gasteiger partial charge in [-0.1, -0.05) is 29.3 Å². The molecule has 0 bridgehead atoms. The van der Waals surface area contributed by atoms with Crippen LogP contribution in [0.25, 0.3) is 0 Å². The van der Waals surface area contributed by atoms with Crippen molar-refractivity contribution in [3.05, 3.63) is 28.5 Å². The number of rotatable bonds is 4. The van der Waals surface area contributed by atoms with Crippen LogP contribution in [-0.4, -0.2) is 12.1 Å². The lowest BCUT2D eigenvalue weighted by atomic mass is 10.2. The quantitative estimate of drug-likeness (QED) is 0.870. The Morgan fingerprint density at radius 1 is 1.53 bits per heavy atom. The number of amides is 2. The van der Waals surface area contributed by atoms with Crippen LogP contribution in [0.3, 0.4) is 0 Å². The molecular formula is C12H16BrFN2O. The second-order valence-electron chi connectivity index (χ2n) is 3.91. The van der Waals surface area contributed by atoms with Crippen LogP contribution in [-0.2, 0) is 0 Å². The number of halogens is 2. The third-order valence-electron chi connectivity index (χ3n) is 2.28. The van der Waals surface area contributed by atoms with E-state index in [1.54, 1.807) is 6.07 Å². The number of benzene rings is 1. The fourth-order valence-electron chi connectivity index (χ4n) is 1.48. The SMILES string of the molecule is CCCC(C)NC(=O)Nc1ccc(Br)cc1F. The molecule has 1 aromatic rings. The molecule has 2 N–H and O–H groups in total. The normalized spacial score (nSPS) is 12.0. The average molecular weight is 303 g/mol. The molecule has 0 radical (unpaired) electrons. The summed E-state index contributed by atoms with van der Waals surface area (Å²) in [5, 5.41) is 5.22. The maximum absolute atomic E-state index is 13.4. The number of anilines is 1. The van der Waals surface area contributed by atoms with Gasteiger partial charge in [-0.25, -0.2) is 9.18 Å². The van der Waals surface area contributed by atoms with Gasteiger partial charge < -0.3 is 10.6 Å². The van der Waals surface area contributed by atoms with Crippen molar-refractivity contribution in [2.45, 2.75) is 32.7 Å². The Bertz CT molecular complexity index is 398. The van der Waals surface area contributed by atoms with Crippen molar-refractivity contribution in [2.24, 2.45) is 0 Å². The number of hydrogen-bond donors (Lipinski definition) is 2. The van der Waals surface area contributed by atoms with Crippen LogP contribution in [0.5, 0.6) is 0 Å². The van der Waals surface area contributed by atoms with Gasteiger partial charge >= 0.3 is 6.03 Å². The van der Waals surface area contributed by atoms with Crippen LogP contribution in [0, 0.1) is 5.82 Å². The van der Waals surface area contributed by atoms with Gasteiger partial charge in [0.2, 0.25) is 0 Å². The van der Waals surface area contributed by atoms with E-state index in [2.05, 4.69) is 26.6 Å². The molecule has 1 aromatic carbocycles. The molecule has 0 saturated heterocycles. The molecule has 0 saturated carbocycles. The Morgan fingerprint density at radius 2 is 2.24 bits per heavy atom. The maximum Gasteiger partial charge on any atom is 0.319 e. The zero-order valence-corrected chi connectivity index (χ0v) is 11.5. The van der Waals surface area contributed by atoms with Crippen molar-refractivity contribution in [1.29, 1.82) is 0 Å². The molecule has 17 heavy (non-hydrogen) atoms. The summed E-state index contributed by atoms with van der Waals surface area (Å²) < 4.78 is 14.1. The molecule has 3 nitrogen and oxygen atoms in total. The van der Waals surface area contributed by atoms with Crippen molar-refractivity contribution in [3.8, 4) is 0 Å². The van der Waals surface area contributed by atoms with Crippen molar-refractivity contribution in [1.82, 2.24) is 5.32 Å². The zero-order valence-electron chi connectivity index (χ0n) is 9.89. The summed E-state index contributed by atoms with van der Waals surface area (Å²) in [5.41, 5.74) is 0.175. The van der Waals surface area contributed by atoms with Gasteiger partial charge in [-0.15, -0.1) is 0 Å². The Kier molecular flexibility index (Phi) is 5.41. The van der Waals surface area contributed by atoms with E-state index in [4.69, 9.17) is 0 Å². The minimum atomic E-state index is -0.460. The van der Waals surface area contributed by atoms with E-state index in [1.807, 2.05) is 13.8 Å². The molecule has 0 spiro atoms. The first-order valence-corrected chi connectivity index (χ1v) is 6.34. The van der Waals surface area contributed by atoms with Gasteiger partial charge in [-0.3, -0.25) is 0 Å². The summed E-state index contributed by atoms with van der Waals surface area (Å²) >= 11 is 3.15. The molecule has 0 heterocycles. The van der Waals surface area contributed by atoms with Gasteiger partial charge in [0, 0.05) is 10.5 Å². The topological polar surface area (TPSA) is 41.1 Å². The molecule has 0 aliphatic carbocycles. The second kappa shape index (κ2) is 6.59. The van der Waals surface area contributed by atoms with Gasteiger partial charge in [0.05, 0.1) is 5.69 Å². The maximum atomic E-state index is 13.4. The van der Waals surface area contributed by atoms with Crippen LogP contribution in [0.1, 0.15) is 26.7 Å². The molecule has 1 atom stereocenters. The molecular weight excluding hydrogens is 287 g/mol. The summed E-state index contributed by atoms with van der Waals surface area (Å²) in [6.07, 6.45) is 1.89. The van der Waals surface area contributed by atoms with Gasteiger partial charge in [0.25, 0.3) is 0 Å². The van der Waals surface area contributed by atoms with E-state index in [0.29, 0.717) is 4.47 Å². The summed E-state index contributed by atoms with van der Waals surface area (Å²) in [4.78, 5) is 11.5. The molecule has 94 valence electrons. The molecule has 0 fully saturated rings. The fourth-order valence-corrected chi connectivity index (χ4v) is 1.81. The highest BCUT2D eigenvalue weighted by Crippen LogP contribution is 2.19. The Labute approximate surface area is 109 Å². The van der Waals surface area contributed by atoms with Gasteiger partial charge in [-0.2, -0.15) is 0 Å². The first kappa shape index (κ1) is 14.0. The predicted octanol–water partition coefficient (Wildman–Crippen LogP) is 3.90. The number of nitrogens with one attached hydrogen (secondary N) is 2. The minimum absolute atomic E-state index is 0.0820. The van der Waals surface area contributed by atoms with Crippen molar-refractivity contribution >= 4 is 27.6 Å². The Morgan fingerprint density at radius 3 is 2.82 bits per heavy atom. The molecule has 0 aliphatic heterocycles. The van der Waals surface area contributed by atoms with Gasteiger partial charge in [0.1, 0.15) is 5.82 Å². The molecule has 2 amide bonds. The van der Waals surface area contributed by atoms with Crippen molar-refractivity contribution in [2.75, 3.05) is 5.32 Å².